The van der Waals surface area contributed by atoms with Gasteiger partial charge in [-0.2, -0.15) is 0 Å². The lowest BCUT2D eigenvalue weighted by Crippen LogP contribution is -2.06. The number of carboxylic acid groups (broad SMARTS) is 1. The number of carboxylic acids is 1. The molecule has 0 aromatic heterocycles. The van der Waals surface area contributed by atoms with Crippen molar-refractivity contribution in [2.45, 2.75) is 6.17 Å². The van der Waals surface area contributed by atoms with Crippen LogP contribution in [0.4, 0.5) is 4.39 Å². The third-order valence-corrected chi connectivity index (χ3v) is 1.74. The molecule has 0 spiro atoms. The lowest BCUT2D eigenvalue weighted by Gasteiger charge is -2.04. The van der Waals surface area contributed by atoms with Crippen molar-refractivity contribution in [2.75, 3.05) is 0 Å². The second-order valence-corrected chi connectivity index (χ2v) is 2.63. The highest BCUT2D eigenvalue weighted by atomic mass is 35.5. The van der Waals surface area contributed by atoms with E-state index < -0.39 is 12.1 Å². The molecule has 12 heavy (non-hydrogen) atoms. The van der Waals surface area contributed by atoms with Gasteiger partial charge in [0.05, 0.1) is 0 Å². The van der Waals surface area contributed by atoms with Gasteiger partial charge in [-0.25, -0.2) is 9.18 Å². The summed E-state index contributed by atoms with van der Waals surface area (Å²) in [5, 5.41) is 8.46. The molecule has 2 nitrogen and oxygen atoms in total. The van der Waals surface area contributed by atoms with E-state index in [4.69, 9.17) is 16.7 Å². The van der Waals surface area contributed by atoms with Crippen LogP contribution in [0.5, 0.6) is 0 Å². The Morgan fingerprint density at radius 3 is 2.58 bits per heavy atom. The molecule has 4 heteroatoms. The molecule has 0 fully saturated rings. The molecule has 0 amide bonds. The first-order valence-corrected chi connectivity index (χ1v) is 3.62. The van der Waals surface area contributed by atoms with E-state index in [2.05, 4.69) is 0 Å². The summed E-state index contributed by atoms with van der Waals surface area (Å²) in [6.45, 7) is 0. The minimum atomic E-state index is -2.04. The monoisotopic (exact) mass is 188 g/mol. The number of alkyl halides is 1. The fourth-order valence-corrected chi connectivity index (χ4v) is 1.05. The molecule has 1 unspecified atom stereocenters. The van der Waals surface area contributed by atoms with Crippen LogP contribution in [0.15, 0.2) is 24.3 Å². The lowest BCUT2D eigenvalue weighted by atomic mass is 10.1. The van der Waals surface area contributed by atoms with Crippen LogP contribution in [0.2, 0.25) is 5.02 Å². The summed E-state index contributed by atoms with van der Waals surface area (Å²) in [5.74, 6) is -1.52. The predicted octanol–water partition coefficient (Wildman–Crippen LogP) is 2.44. The normalized spacial score (nSPS) is 12.5. The Balaban J connectivity index is 3.02. The summed E-state index contributed by atoms with van der Waals surface area (Å²) >= 11 is 5.56. The Morgan fingerprint density at radius 1 is 1.50 bits per heavy atom. The smallest absolute Gasteiger partial charge is 0.343 e. The highest BCUT2D eigenvalue weighted by Gasteiger charge is 2.20. The molecule has 1 aromatic carbocycles. The van der Waals surface area contributed by atoms with Gasteiger partial charge in [0.1, 0.15) is 0 Å². The SMILES string of the molecule is O=C(O)C(F)c1ccccc1Cl. The number of hydrogen-bond donors (Lipinski definition) is 1. The van der Waals surface area contributed by atoms with Gasteiger partial charge < -0.3 is 5.11 Å². The van der Waals surface area contributed by atoms with Crippen LogP contribution in [0.3, 0.4) is 0 Å². The van der Waals surface area contributed by atoms with E-state index in [0.29, 0.717) is 0 Å². The first-order valence-electron chi connectivity index (χ1n) is 3.24. The zero-order valence-electron chi connectivity index (χ0n) is 6.00. The van der Waals surface area contributed by atoms with E-state index in [9.17, 15) is 9.18 Å². The molecule has 0 saturated heterocycles. The van der Waals surface area contributed by atoms with Crippen LogP contribution in [-0.2, 0) is 4.79 Å². The highest BCUT2D eigenvalue weighted by molar-refractivity contribution is 6.31. The van der Waals surface area contributed by atoms with Crippen LogP contribution in [0.1, 0.15) is 11.7 Å². The molecule has 0 aliphatic heterocycles. The third kappa shape index (κ3) is 1.74. The van der Waals surface area contributed by atoms with Crippen molar-refractivity contribution in [3.63, 3.8) is 0 Å². The summed E-state index contributed by atoms with van der Waals surface area (Å²) in [6, 6.07) is 5.95. The van der Waals surface area contributed by atoms with Gasteiger partial charge >= 0.3 is 5.97 Å². The molecule has 1 N–H and O–H groups in total. The van der Waals surface area contributed by atoms with Gasteiger partial charge in [-0.1, -0.05) is 29.8 Å². The predicted molar refractivity (Wildman–Crippen MR) is 42.9 cm³/mol. The van der Waals surface area contributed by atoms with E-state index in [1.165, 1.54) is 18.2 Å². The van der Waals surface area contributed by atoms with Crippen LogP contribution in [0.25, 0.3) is 0 Å². The van der Waals surface area contributed by atoms with E-state index in [-0.39, 0.29) is 10.6 Å². The summed E-state index contributed by atoms with van der Waals surface area (Å²) < 4.78 is 12.8. The Bertz CT molecular complexity index is 301. The van der Waals surface area contributed by atoms with Gasteiger partial charge in [-0.05, 0) is 6.07 Å². The highest BCUT2D eigenvalue weighted by Crippen LogP contribution is 2.25. The third-order valence-electron chi connectivity index (χ3n) is 1.40. The van der Waals surface area contributed by atoms with Crippen LogP contribution < -0.4 is 0 Å². The Labute approximate surface area is 73.6 Å². The van der Waals surface area contributed by atoms with Crippen molar-refractivity contribution >= 4 is 17.6 Å². The zero-order chi connectivity index (χ0) is 9.14. The van der Waals surface area contributed by atoms with Gasteiger partial charge in [0.2, 0.25) is 6.17 Å². The zero-order valence-corrected chi connectivity index (χ0v) is 6.75. The van der Waals surface area contributed by atoms with Crippen molar-refractivity contribution in [3.8, 4) is 0 Å². The fourth-order valence-electron chi connectivity index (χ4n) is 0.814. The number of benzene rings is 1. The molecule has 1 aromatic rings. The van der Waals surface area contributed by atoms with Crippen molar-refractivity contribution in [2.24, 2.45) is 0 Å². The minimum absolute atomic E-state index is 0.00772. The summed E-state index contributed by atoms with van der Waals surface area (Å²) in [7, 11) is 0. The van der Waals surface area contributed by atoms with Gasteiger partial charge in [0.15, 0.2) is 0 Å². The number of rotatable bonds is 2. The molecule has 0 saturated carbocycles. The largest absolute Gasteiger partial charge is 0.479 e. The van der Waals surface area contributed by atoms with Crippen molar-refractivity contribution in [1.82, 2.24) is 0 Å². The second kappa shape index (κ2) is 3.54. The maximum atomic E-state index is 12.8. The van der Waals surface area contributed by atoms with Crippen LogP contribution >= 0.6 is 11.6 Å². The van der Waals surface area contributed by atoms with Gasteiger partial charge in [-0.15, -0.1) is 0 Å². The number of carbonyl (C=O) groups is 1. The van der Waals surface area contributed by atoms with Gasteiger partial charge in [-0.3, -0.25) is 0 Å². The maximum absolute atomic E-state index is 12.8. The maximum Gasteiger partial charge on any atom is 0.343 e. The summed E-state index contributed by atoms with van der Waals surface area (Å²) in [6.07, 6.45) is -2.04. The van der Waals surface area contributed by atoms with Crippen molar-refractivity contribution in [1.29, 1.82) is 0 Å². The van der Waals surface area contributed by atoms with Crippen LogP contribution in [0, 0.1) is 0 Å². The number of hydrogen-bond acceptors (Lipinski definition) is 1. The molecule has 64 valence electrons. The standard InChI is InChI=1S/C8H6ClFO2/c9-6-4-2-1-3-5(6)7(10)8(11)12/h1-4,7H,(H,11,12). The van der Waals surface area contributed by atoms with E-state index in [1.807, 2.05) is 0 Å². The molecular formula is C8H6ClFO2. The minimum Gasteiger partial charge on any atom is -0.479 e. The Hall–Kier alpha value is -1.09. The number of aliphatic carboxylic acids is 1. The number of halogens is 2. The molecule has 0 bridgehead atoms. The Kier molecular flexibility index (Phi) is 2.65. The Morgan fingerprint density at radius 2 is 2.08 bits per heavy atom. The molecule has 0 aliphatic carbocycles. The average molecular weight is 189 g/mol. The summed E-state index contributed by atoms with van der Waals surface area (Å²) in [4.78, 5) is 10.2. The molecule has 0 radical (unpaired) electrons. The average Bonchev–Trinajstić information content (AvgIpc) is 2.04. The van der Waals surface area contributed by atoms with Gasteiger partial charge in [0.25, 0.3) is 0 Å². The fraction of sp³-hybridized carbons (Fsp3) is 0.125. The van der Waals surface area contributed by atoms with Crippen molar-refractivity contribution in [3.05, 3.63) is 34.9 Å². The first kappa shape index (κ1) is 9.00. The van der Waals surface area contributed by atoms with E-state index >= 15 is 0 Å². The first-order chi connectivity index (χ1) is 5.63. The molecule has 0 aliphatic rings. The topological polar surface area (TPSA) is 37.3 Å². The molecule has 1 atom stereocenters. The van der Waals surface area contributed by atoms with E-state index in [0.717, 1.165) is 0 Å². The van der Waals surface area contributed by atoms with E-state index in [1.54, 1.807) is 6.07 Å². The molecule has 1 rings (SSSR count). The quantitative estimate of drug-likeness (QED) is 0.774. The molecular weight excluding hydrogens is 183 g/mol. The van der Waals surface area contributed by atoms with Gasteiger partial charge in [0, 0.05) is 10.6 Å². The molecule has 0 heterocycles. The second-order valence-electron chi connectivity index (χ2n) is 2.22. The summed E-state index contributed by atoms with van der Waals surface area (Å²) in [5.41, 5.74) is -0.00772. The lowest BCUT2D eigenvalue weighted by molar-refractivity contribution is -0.143. The van der Waals surface area contributed by atoms with Crippen molar-refractivity contribution < 1.29 is 14.3 Å². The van der Waals surface area contributed by atoms with Crippen LogP contribution in [-0.4, -0.2) is 11.1 Å².